The SMILES string of the molecule is CC(NC(=O)c1cc(Cn2ccc([N+](=O)[O-])n2)cs1)c1ccc(C(C)(C)C)cc1. The Morgan fingerprint density at radius 3 is 2.55 bits per heavy atom. The molecule has 1 unspecified atom stereocenters. The van der Waals surface area contributed by atoms with E-state index in [4.69, 9.17) is 0 Å². The molecule has 0 spiro atoms. The third-order valence-electron chi connectivity index (χ3n) is 4.66. The second-order valence-electron chi connectivity index (χ2n) is 8.01. The molecule has 3 aromatic rings. The maximum atomic E-state index is 12.6. The molecule has 152 valence electrons. The number of amides is 1. The Kier molecular flexibility index (Phi) is 5.83. The van der Waals surface area contributed by atoms with Gasteiger partial charge in [0.05, 0.1) is 34.8 Å². The molecule has 2 heterocycles. The van der Waals surface area contributed by atoms with Crippen LogP contribution >= 0.6 is 11.3 Å². The van der Waals surface area contributed by atoms with Crippen molar-refractivity contribution in [3.8, 4) is 0 Å². The Morgan fingerprint density at radius 2 is 1.97 bits per heavy atom. The van der Waals surface area contributed by atoms with Crippen LogP contribution in [0.15, 0.2) is 48.0 Å². The maximum absolute atomic E-state index is 12.6. The normalized spacial score (nSPS) is 12.6. The zero-order valence-corrected chi connectivity index (χ0v) is 17.7. The Balaban J connectivity index is 1.62. The molecule has 0 aliphatic carbocycles. The van der Waals surface area contributed by atoms with Crippen LogP contribution in [-0.2, 0) is 12.0 Å². The van der Waals surface area contributed by atoms with Crippen molar-refractivity contribution in [2.24, 2.45) is 0 Å². The Hall–Kier alpha value is -3.00. The molecule has 1 atom stereocenters. The Labute approximate surface area is 173 Å². The molecule has 0 radical (unpaired) electrons. The Bertz CT molecular complexity index is 1020. The molecular formula is C21H24N4O3S. The van der Waals surface area contributed by atoms with E-state index in [1.54, 1.807) is 12.3 Å². The third kappa shape index (κ3) is 5.08. The first kappa shape index (κ1) is 20.7. The maximum Gasteiger partial charge on any atom is 0.389 e. The van der Waals surface area contributed by atoms with E-state index in [9.17, 15) is 14.9 Å². The average Bonchev–Trinajstić information content (AvgIpc) is 3.31. The van der Waals surface area contributed by atoms with Crippen LogP contribution in [0.1, 0.15) is 60.1 Å². The molecule has 0 bridgehead atoms. The van der Waals surface area contributed by atoms with Crippen molar-refractivity contribution < 1.29 is 9.72 Å². The highest BCUT2D eigenvalue weighted by Crippen LogP contribution is 2.24. The molecule has 3 rings (SSSR count). The number of carbonyl (C=O) groups excluding carboxylic acids is 1. The lowest BCUT2D eigenvalue weighted by Crippen LogP contribution is -2.26. The molecular weight excluding hydrogens is 388 g/mol. The van der Waals surface area contributed by atoms with Gasteiger partial charge in [-0.05, 0) is 45.4 Å². The number of benzene rings is 1. The van der Waals surface area contributed by atoms with Crippen LogP contribution in [-0.4, -0.2) is 20.6 Å². The van der Waals surface area contributed by atoms with Gasteiger partial charge in [0.2, 0.25) is 0 Å². The van der Waals surface area contributed by atoms with Crippen LogP contribution < -0.4 is 5.32 Å². The molecule has 0 fully saturated rings. The molecule has 7 nitrogen and oxygen atoms in total. The van der Waals surface area contributed by atoms with Crippen molar-refractivity contribution in [1.82, 2.24) is 15.1 Å². The highest BCUT2D eigenvalue weighted by atomic mass is 32.1. The minimum absolute atomic E-state index is 0.0907. The summed E-state index contributed by atoms with van der Waals surface area (Å²) in [6, 6.07) is 11.3. The molecule has 8 heteroatoms. The van der Waals surface area contributed by atoms with Crippen molar-refractivity contribution >= 4 is 23.1 Å². The first-order chi connectivity index (χ1) is 13.6. The fourth-order valence-electron chi connectivity index (χ4n) is 2.92. The first-order valence-corrected chi connectivity index (χ1v) is 10.2. The first-order valence-electron chi connectivity index (χ1n) is 9.30. The van der Waals surface area contributed by atoms with E-state index in [1.807, 2.05) is 12.3 Å². The fraction of sp³-hybridized carbons (Fsp3) is 0.333. The number of thiophene rings is 1. The lowest BCUT2D eigenvalue weighted by Gasteiger charge is -2.20. The Morgan fingerprint density at radius 1 is 1.28 bits per heavy atom. The summed E-state index contributed by atoms with van der Waals surface area (Å²) in [5, 5.41) is 19.5. The van der Waals surface area contributed by atoms with E-state index >= 15 is 0 Å². The third-order valence-corrected chi connectivity index (χ3v) is 5.64. The quantitative estimate of drug-likeness (QED) is 0.470. The zero-order chi connectivity index (χ0) is 21.2. The number of hydrogen-bond acceptors (Lipinski definition) is 5. The molecule has 29 heavy (non-hydrogen) atoms. The number of nitrogens with zero attached hydrogens (tertiary/aromatic N) is 3. The summed E-state index contributed by atoms with van der Waals surface area (Å²) >= 11 is 1.35. The predicted octanol–water partition coefficient (Wildman–Crippen LogP) is 4.69. The van der Waals surface area contributed by atoms with Gasteiger partial charge in [0.15, 0.2) is 0 Å². The van der Waals surface area contributed by atoms with Gasteiger partial charge >= 0.3 is 5.82 Å². The zero-order valence-electron chi connectivity index (χ0n) is 16.9. The van der Waals surface area contributed by atoms with Gasteiger partial charge in [-0.2, -0.15) is 4.68 Å². The summed E-state index contributed by atoms with van der Waals surface area (Å²) < 4.78 is 1.49. The standard InChI is InChI=1S/C21H24N4O3S/c1-14(16-5-7-17(8-6-16)21(2,3)4)22-20(26)18-11-15(13-29-18)12-24-10-9-19(23-24)25(27)28/h5-11,13-14H,12H2,1-4H3,(H,22,26). The molecule has 0 aliphatic heterocycles. The van der Waals surface area contributed by atoms with Crippen LogP contribution in [0.25, 0.3) is 0 Å². The molecule has 1 amide bonds. The molecule has 1 N–H and O–H groups in total. The van der Waals surface area contributed by atoms with E-state index < -0.39 is 4.92 Å². The lowest BCUT2D eigenvalue weighted by atomic mass is 9.86. The van der Waals surface area contributed by atoms with E-state index in [0.717, 1.165) is 11.1 Å². The van der Waals surface area contributed by atoms with Gasteiger partial charge < -0.3 is 15.4 Å². The minimum atomic E-state index is -0.529. The summed E-state index contributed by atoms with van der Waals surface area (Å²) in [4.78, 5) is 23.4. The van der Waals surface area contributed by atoms with Gasteiger partial charge in [0.1, 0.15) is 0 Å². The van der Waals surface area contributed by atoms with Gasteiger partial charge in [-0.1, -0.05) is 45.0 Å². The second kappa shape index (κ2) is 8.16. The number of hydrogen-bond donors (Lipinski definition) is 1. The molecule has 0 saturated heterocycles. The van der Waals surface area contributed by atoms with Crippen LogP contribution in [0.4, 0.5) is 5.82 Å². The molecule has 1 aromatic carbocycles. The fourth-order valence-corrected chi connectivity index (χ4v) is 3.73. The highest BCUT2D eigenvalue weighted by Gasteiger charge is 2.17. The van der Waals surface area contributed by atoms with Crippen LogP contribution in [0, 0.1) is 10.1 Å². The molecule has 0 saturated carbocycles. The predicted molar refractivity (Wildman–Crippen MR) is 113 cm³/mol. The molecule has 2 aromatic heterocycles. The number of carbonyl (C=O) groups is 1. The molecule has 0 aliphatic rings. The average molecular weight is 413 g/mol. The van der Waals surface area contributed by atoms with Crippen molar-refractivity contribution in [3.05, 3.63) is 79.7 Å². The highest BCUT2D eigenvalue weighted by molar-refractivity contribution is 7.12. The van der Waals surface area contributed by atoms with Gasteiger partial charge in [-0.3, -0.25) is 4.79 Å². The van der Waals surface area contributed by atoms with Gasteiger partial charge in [-0.15, -0.1) is 11.3 Å². The minimum Gasteiger partial charge on any atom is -0.358 e. The largest absolute Gasteiger partial charge is 0.389 e. The summed E-state index contributed by atoms with van der Waals surface area (Å²) in [5.74, 6) is -0.329. The topological polar surface area (TPSA) is 90.1 Å². The van der Waals surface area contributed by atoms with Crippen molar-refractivity contribution in [2.75, 3.05) is 0 Å². The summed E-state index contributed by atoms with van der Waals surface area (Å²) in [5.41, 5.74) is 3.27. The van der Waals surface area contributed by atoms with Crippen molar-refractivity contribution in [2.45, 2.75) is 45.7 Å². The summed E-state index contributed by atoms with van der Waals surface area (Å²) in [6.45, 7) is 8.85. The van der Waals surface area contributed by atoms with Gasteiger partial charge in [0.25, 0.3) is 5.91 Å². The van der Waals surface area contributed by atoms with E-state index in [2.05, 4.69) is 55.5 Å². The van der Waals surface area contributed by atoms with E-state index in [-0.39, 0.29) is 23.2 Å². The van der Waals surface area contributed by atoms with Crippen LogP contribution in [0.5, 0.6) is 0 Å². The smallest absolute Gasteiger partial charge is 0.358 e. The summed E-state index contributed by atoms with van der Waals surface area (Å²) in [7, 11) is 0. The lowest BCUT2D eigenvalue weighted by molar-refractivity contribution is -0.389. The number of nitro groups is 1. The monoisotopic (exact) mass is 412 g/mol. The summed E-state index contributed by atoms with van der Waals surface area (Å²) in [6.07, 6.45) is 1.55. The van der Waals surface area contributed by atoms with Gasteiger partial charge in [0, 0.05) is 0 Å². The van der Waals surface area contributed by atoms with Crippen LogP contribution in [0.3, 0.4) is 0 Å². The number of aromatic nitrogens is 2. The van der Waals surface area contributed by atoms with E-state index in [0.29, 0.717) is 11.4 Å². The number of rotatable bonds is 6. The van der Waals surface area contributed by atoms with Crippen molar-refractivity contribution in [1.29, 1.82) is 0 Å². The van der Waals surface area contributed by atoms with E-state index in [1.165, 1.54) is 27.6 Å². The van der Waals surface area contributed by atoms with Crippen molar-refractivity contribution in [3.63, 3.8) is 0 Å². The second-order valence-corrected chi connectivity index (χ2v) is 8.93. The van der Waals surface area contributed by atoms with Crippen LogP contribution in [0.2, 0.25) is 0 Å². The number of nitrogens with one attached hydrogen (secondary N) is 1. The van der Waals surface area contributed by atoms with Gasteiger partial charge in [-0.25, -0.2) is 0 Å².